The maximum absolute atomic E-state index is 10.8. The van der Waals surface area contributed by atoms with Crippen LogP contribution in [0.2, 0.25) is 0 Å². The molecule has 1 unspecified atom stereocenters. The molecule has 1 heterocycles. The molecule has 0 fully saturated rings. The van der Waals surface area contributed by atoms with Crippen LogP contribution in [0, 0.1) is 0 Å². The largest absolute Gasteiger partial charge is 0.750 e. The highest BCUT2D eigenvalue weighted by Crippen LogP contribution is 2.16. The van der Waals surface area contributed by atoms with Gasteiger partial charge in [-0.05, 0) is 0 Å². The van der Waals surface area contributed by atoms with Crippen molar-refractivity contribution in [2.75, 3.05) is 0 Å². The first-order chi connectivity index (χ1) is 5.70. The smallest absolute Gasteiger partial charge is 0.261 e. The van der Waals surface area contributed by atoms with Crippen LogP contribution in [0.15, 0.2) is 18.6 Å². The summed E-state index contributed by atoms with van der Waals surface area (Å²) in [4.78, 5) is 26.1. The van der Waals surface area contributed by atoms with Crippen LogP contribution in [-0.4, -0.2) is 20.8 Å². The molecule has 1 rings (SSSR count). The fraction of sp³-hybridized carbons (Fsp3) is 0. The molecule has 1 atom stereocenters. The monoisotopic (exact) mass is 187 g/mol. The van der Waals surface area contributed by atoms with Crippen LogP contribution in [0.4, 0.5) is 0 Å². The third kappa shape index (κ3) is 2.34. The molecule has 0 saturated carbocycles. The molecule has 7 heteroatoms. The highest BCUT2D eigenvalue weighted by molar-refractivity contribution is 7.32. The molecular formula is C5H4N2O4P+. The van der Waals surface area contributed by atoms with E-state index >= 15 is 0 Å². The molecule has 0 amide bonds. The Morgan fingerprint density at radius 3 is 2.83 bits per heavy atom. The van der Waals surface area contributed by atoms with Crippen molar-refractivity contribution >= 4 is 14.2 Å². The van der Waals surface area contributed by atoms with Crippen LogP contribution in [0.5, 0.6) is 0 Å². The second-order valence-electron chi connectivity index (χ2n) is 1.71. The Balaban J connectivity index is 2.73. The highest BCUT2D eigenvalue weighted by Gasteiger charge is 2.22. The van der Waals surface area contributed by atoms with E-state index in [-0.39, 0.29) is 5.69 Å². The first-order valence-electron chi connectivity index (χ1n) is 2.84. The van der Waals surface area contributed by atoms with Crippen molar-refractivity contribution in [2.24, 2.45) is 0 Å². The van der Waals surface area contributed by atoms with Crippen LogP contribution in [-0.2, 0) is 9.09 Å². The second-order valence-corrected chi connectivity index (χ2v) is 2.37. The van der Waals surface area contributed by atoms with Gasteiger partial charge in [0, 0.05) is 17.0 Å². The minimum absolute atomic E-state index is 0.102. The van der Waals surface area contributed by atoms with E-state index in [0.717, 1.165) is 6.20 Å². The summed E-state index contributed by atoms with van der Waals surface area (Å²) in [5, 5.41) is 0. The topological polar surface area (TPSA) is 89.4 Å². The lowest BCUT2D eigenvalue weighted by Gasteiger charge is -1.88. The molecule has 0 aliphatic rings. The first-order valence-corrected chi connectivity index (χ1v) is 3.97. The predicted octanol–water partition coefficient (Wildman–Crippen LogP) is 0.283. The lowest BCUT2D eigenvalue weighted by Crippen LogP contribution is -2.02. The van der Waals surface area contributed by atoms with Crippen molar-refractivity contribution in [2.45, 2.75) is 0 Å². The summed E-state index contributed by atoms with van der Waals surface area (Å²) in [6.45, 7) is 0. The Bertz CT molecular complexity index is 302. The molecule has 0 aromatic carbocycles. The van der Waals surface area contributed by atoms with E-state index in [9.17, 15) is 9.36 Å². The molecule has 0 aliphatic heterocycles. The van der Waals surface area contributed by atoms with E-state index in [1.165, 1.54) is 12.4 Å². The number of aromatic nitrogens is 2. The Labute approximate surface area is 68.2 Å². The second kappa shape index (κ2) is 3.85. The molecule has 62 valence electrons. The molecule has 6 nitrogen and oxygen atoms in total. The molecule has 12 heavy (non-hydrogen) atoms. The molecule has 0 spiro atoms. The summed E-state index contributed by atoms with van der Waals surface area (Å²) in [5.74, 6) is -0.966. The van der Waals surface area contributed by atoms with E-state index < -0.39 is 14.2 Å². The van der Waals surface area contributed by atoms with Gasteiger partial charge in [0.2, 0.25) is 0 Å². The Morgan fingerprint density at radius 2 is 2.33 bits per heavy atom. The quantitative estimate of drug-likeness (QED) is 0.669. The van der Waals surface area contributed by atoms with Gasteiger partial charge >= 0.3 is 14.2 Å². The Kier molecular flexibility index (Phi) is 2.79. The van der Waals surface area contributed by atoms with Gasteiger partial charge in [0.15, 0.2) is 5.69 Å². The summed E-state index contributed by atoms with van der Waals surface area (Å²) in [7, 11) is -2.93. The van der Waals surface area contributed by atoms with Crippen LogP contribution in [0.3, 0.4) is 0 Å². The molecule has 1 N–H and O–H groups in total. The first kappa shape index (κ1) is 8.70. The zero-order valence-corrected chi connectivity index (χ0v) is 6.64. The van der Waals surface area contributed by atoms with Gasteiger partial charge in [-0.15, -0.1) is 4.89 Å². The molecule has 0 aliphatic carbocycles. The Morgan fingerprint density at radius 1 is 1.58 bits per heavy atom. The number of carbonyl (C=O) groups is 1. The molecule has 0 saturated heterocycles. The fourth-order valence-corrected chi connectivity index (χ4v) is 0.758. The lowest BCUT2D eigenvalue weighted by molar-refractivity contribution is 0.0724. The van der Waals surface area contributed by atoms with Crippen molar-refractivity contribution in [1.29, 1.82) is 0 Å². The van der Waals surface area contributed by atoms with E-state index in [2.05, 4.69) is 14.5 Å². The SMILES string of the molecule is O=C(O[P+](=O)O)c1cnccn1. The zero-order valence-electron chi connectivity index (χ0n) is 5.75. The third-order valence-corrected chi connectivity index (χ3v) is 1.26. The highest BCUT2D eigenvalue weighted by atomic mass is 31.1. The standard InChI is InChI=1S/C5H3N2O4P/c8-5(11-12(9)10)4-3-6-1-2-7-4/h1-3H/p+1. The van der Waals surface area contributed by atoms with Gasteiger partial charge in [-0.25, -0.2) is 9.78 Å². The minimum Gasteiger partial charge on any atom is -0.261 e. The zero-order chi connectivity index (χ0) is 8.97. The molecule has 1 aromatic rings. The summed E-state index contributed by atoms with van der Waals surface area (Å²) < 4.78 is 14.0. The van der Waals surface area contributed by atoms with Crippen LogP contribution >= 0.6 is 8.25 Å². The maximum atomic E-state index is 10.8. The van der Waals surface area contributed by atoms with Crippen molar-refractivity contribution in [3.63, 3.8) is 0 Å². The van der Waals surface area contributed by atoms with E-state index in [4.69, 9.17) is 4.89 Å². The van der Waals surface area contributed by atoms with Crippen LogP contribution in [0.25, 0.3) is 0 Å². The number of carbonyl (C=O) groups excluding carboxylic acids is 1. The maximum Gasteiger partial charge on any atom is 0.750 e. The van der Waals surface area contributed by atoms with Gasteiger partial charge < -0.3 is 0 Å². The average molecular weight is 187 g/mol. The van der Waals surface area contributed by atoms with E-state index in [0.29, 0.717) is 0 Å². The summed E-state index contributed by atoms with van der Waals surface area (Å²) in [6, 6.07) is 0. The van der Waals surface area contributed by atoms with E-state index in [1.54, 1.807) is 0 Å². The van der Waals surface area contributed by atoms with Gasteiger partial charge in [0.1, 0.15) is 0 Å². The number of nitrogens with zero attached hydrogens (tertiary/aromatic N) is 2. The molecular weight excluding hydrogens is 183 g/mol. The number of hydrogen-bond donors (Lipinski definition) is 1. The normalized spacial score (nSPS) is 10.6. The van der Waals surface area contributed by atoms with Gasteiger partial charge in [-0.1, -0.05) is 0 Å². The van der Waals surface area contributed by atoms with Crippen molar-refractivity contribution < 1.29 is 18.8 Å². The average Bonchev–Trinajstić information content (AvgIpc) is 2.05. The van der Waals surface area contributed by atoms with Crippen LogP contribution in [0.1, 0.15) is 10.5 Å². The van der Waals surface area contributed by atoms with Gasteiger partial charge in [0.25, 0.3) is 0 Å². The van der Waals surface area contributed by atoms with Crippen LogP contribution < -0.4 is 0 Å². The fourth-order valence-electron chi connectivity index (χ4n) is 0.522. The summed E-state index contributed by atoms with van der Waals surface area (Å²) in [5.41, 5.74) is -0.102. The summed E-state index contributed by atoms with van der Waals surface area (Å²) in [6.07, 6.45) is 3.79. The lowest BCUT2D eigenvalue weighted by atomic mass is 10.5. The minimum atomic E-state index is -2.93. The van der Waals surface area contributed by atoms with Crippen molar-refractivity contribution in [3.8, 4) is 0 Å². The van der Waals surface area contributed by atoms with Crippen molar-refractivity contribution in [3.05, 3.63) is 24.3 Å². The molecule has 1 aromatic heterocycles. The molecule has 0 radical (unpaired) electrons. The van der Waals surface area contributed by atoms with Gasteiger partial charge in [0.05, 0.1) is 6.20 Å². The number of rotatable bonds is 2. The van der Waals surface area contributed by atoms with E-state index in [1.807, 2.05) is 0 Å². The Hall–Kier alpha value is -1.39. The third-order valence-electron chi connectivity index (χ3n) is 0.933. The van der Waals surface area contributed by atoms with Crippen molar-refractivity contribution in [1.82, 2.24) is 9.97 Å². The number of hydrogen-bond acceptors (Lipinski definition) is 5. The summed E-state index contributed by atoms with van der Waals surface area (Å²) >= 11 is 0. The predicted molar refractivity (Wildman–Crippen MR) is 37.3 cm³/mol. The van der Waals surface area contributed by atoms with Gasteiger partial charge in [-0.2, -0.15) is 4.52 Å². The van der Waals surface area contributed by atoms with Gasteiger partial charge in [-0.3, -0.25) is 4.98 Å². The molecule has 0 bridgehead atoms.